The molecule has 27 heavy (non-hydrogen) atoms. The molecule has 0 saturated carbocycles. The molecule has 1 atom stereocenters. The number of nitrogens with zero attached hydrogens (tertiary/aromatic N) is 4. The van der Waals surface area contributed by atoms with Crippen LogP contribution in [0.15, 0.2) is 36.5 Å². The number of amides is 1. The zero-order valence-corrected chi connectivity index (χ0v) is 15.4. The predicted octanol–water partition coefficient (Wildman–Crippen LogP) is 2.70. The van der Waals surface area contributed by atoms with Crippen molar-refractivity contribution >= 4 is 16.9 Å². The molecule has 7 nitrogen and oxygen atoms in total. The van der Waals surface area contributed by atoms with Gasteiger partial charge in [0, 0.05) is 43.7 Å². The van der Waals surface area contributed by atoms with E-state index in [0.29, 0.717) is 24.6 Å². The van der Waals surface area contributed by atoms with Crippen LogP contribution in [0, 0.1) is 0 Å². The Morgan fingerprint density at radius 1 is 1.26 bits per heavy atom. The van der Waals surface area contributed by atoms with E-state index in [0.717, 1.165) is 48.4 Å². The lowest BCUT2D eigenvalue weighted by molar-refractivity contribution is -0.132. The number of aromatic nitrogens is 4. The molecule has 1 aromatic carbocycles. The summed E-state index contributed by atoms with van der Waals surface area (Å²) in [7, 11) is 1.59. The van der Waals surface area contributed by atoms with Gasteiger partial charge in [0.1, 0.15) is 5.69 Å². The first-order valence-corrected chi connectivity index (χ1v) is 9.31. The lowest BCUT2D eigenvalue weighted by Gasteiger charge is -2.32. The Bertz CT molecular complexity index is 925. The summed E-state index contributed by atoms with van der Waals surface area (Å²) in [4.78, 5) is 23.9. The second kappa shape index (κ2) is 7.73. The molecular formula is C20H23N5O2. The van der Waals surface area contributed by atoms with Crippen molar-refractivity contribution in [3.8, 4) is 5.88 Å². The average molecular weight is 365 g/mol. The average Bonchev–Trinajstić information content (AvgIpc) is 3.26. The highest BCUT2D eigenvalue weighted by Crippen LogP contribution is 2.26. The second-order valence-corrected chi connectivity index (χ2v) is 6.86. The Labute approximate surface area is 157 Å². The number of likely N-dealkylation sites (tertiary alicyclic amines) is 1. The van der Waals surface area contributed by atoms with Gasteiger partial charge in [0.25, 0.3) is 0 Å². The summed E-state index contributed by atoms with van der Waals surface area (Å²) in [6.07, 6.45) is 4.77. The van der Waals surface area contributed by atoms with Crippen LogP contribution in [0.5, 0.6) is 5.88 Å². The number of ether oxygens (including phenoxy) is 1. The molecule has 0 radical (unpaired) electrons. The number of methoxy groups -OCH3 is 1. The minimum absolute atomic E-state index is 0.149. The van der Waals surface area contributed by atoms with Crippen LogP contribution in [-0.4, -0.2) is 51.2 Å². The number of nitrogens with one attached hydrogen (secondary N) is 1. The SMILES string of the molecule is COc1nc2ccccc2nc1CCC(=O)N1CCC[C@@H](c2ccn[nH]2)C1. The first-order valence-electron chi connectivity index (χ1n) is 9.31. The van der Waals surface area contributed by atoms with E-state index >= 15 is 0 Å². The molecule has 0 bridgehead atoms. The van der Waals surface area contributed by atoms with Gasteiger partial charge in [0.2, 0.25) is 11.8 Å². The smallest absolute Gasteiger partial charge is 0.235 e. The van der Waals surface area contributed by atoms with Gasteiger partial charge in [0.05, 0.1) is 18.1 Å². The van der Waals surface area contributed by atoms with Gasteiger partial charge in [-0.05, 0) is 31.0 Å². The molecule has 1 saturated heterocycles. The van der Waals surface area contributed by atoms with Gasteiger partial charge < -0.3 is 9.64 Å². The maximum absolute atomic E-state index is 12.8. The van der Waals surface area contributed by atoms with E-state index in [9.17, 15) is 4.79 Å². The van der Waals surface area contributed by atoms with Crippen molar-refractivity contribution in [1.29, 1.82) is 0 Å². The third kappa shape index (κ3) is 3.77. The molecule has 4 rings (SSSR count). The van der Waals surface area contributed by atoms with Gasteiger partial charge in [-0.25, -0.2) is 9.97 Å². The Kier molecular flexibility index (Phi) is 5.00. The number of hydrogen-bond acceptors (Lipinski definition) is 5. The lowest BCUT2D eigenvalue weighted by Crippen LogP contribution is -2.39. The number of para-hydroxylation sites is 2. The standard InChI is InChI=1S/C20H23N5O2/c1-27-20-18(22-16-6-2-3-7-17(16)23-20)8-9-19(26)25-12-4-5-14(13-25)15-10-11-21-24-15/h2-3,6-7,10-11,14H,4-5,8-9,12-13H2,1H3,(H,21,24)/t14-/m1/s1. The number of fused-ring (bicyclic) bond motifs is 1. The monoisotopic (exact) mass is 365 g/mol. The number of carbonyl (C=O) groups is 1. The van der Waals surface area contributed by atoms with Crippen LogP contribution < -0.4 is 4.74 Å². The van der Waals surface area contributed by atoms with Crippen LogP contribution in [0.1, 0.15) is 36.6 Å². The molecule has 3 aromatic rings. The van der Waals surface area contributed by atoms with Gasteiger partial charge in [-0.1, -0.05) is 12.1 Å². The number of aryl methyl sites for hydroxylation is 1. The lowest BCUT2D eigenvalue weighted by atomic mass is 9.94. The number of piperidine rings is 1. The highest BCUT2D eigenvalue weighted by atomic mass is 16.5. The van der Waals surface area contributed by atoms with Crippen LogP contribution in [-0.2, 0) is 11.2 Å². The zero-order chi connectivity index (χ0) is 18.6. The highest BCUT2D eigenvalue weighted by Gasteiger charge is 2.25. The molecule has 1 fully saturated rings. The minimum atomic E-state index is 0.149. The van der Waals surface area contributed by atoms with Gasteiger partial charge in [-0.2, -0.15) is 5.10 Å². The van der Waals surface area contributed by atoms with Crippen molar-refractivity contribution in [1.82, 2.24) is 25.1 Å². The third-order valence-corrected chi connectivity index (χ3v) is 5.11. The number of rotatable bonds is 5. The first kappa shape index (κ1) is 17.5. The molecule has 0 spiro atoms. The topological polar surface area (TPSA) is 84.0 Å². The van der Waals surface area contributed by atoms with Gasteiger partial charge in [-0.3, -0.25) is 9.89 Å². The molecule has 1 aliphatic rings. The summed E-state index contributed by atoms with van der Waals surface area (Å²) in [5.41, 5.74) is 3.45. The van der Waals surface area contributed by atoms with Crippen molar-refractivity contribution in [3.05, 3.63) is 47.9 Å². The maximum atomic E-state index is 12.8. The first-order chi connectivity index (χ1) is 13.2. The fraction of sp³-hybridized carbons (Fsp3) is 0.400. The van der Waals surface area contributed by atoms with Crippen LogP contribution in [0.25, 0.3) is 11.0 Å². The van der Waals surface area contributed by atoms with Crippen LogP contribution >= 0.6 is 0 Å². The van der Waals surface area contributed by atoms with Crippen LogP contribution in [0.2, 0.25) is 0 Å². The molecule has 0 aliphatic carbocycles. The second-order valence-electron chi connectivity index (χ2n) is 6.86. The molecule has 140 valence electrons. The van der Waals surface area contributed by atoms with Crippen LogP contribution in [0.3, 0.4) is 0 Å². The Hall–Kier alpha value is -2.96. The van der Waals surface area contributed by atoms with E-state index in [1.54, 1.807) is 13.3 Å². The van der Waals surface area contributed by atoms with Crippen molar-refractivity contribution in [2.45, 2.75) is 31.6 Å². The quantitative estimate of drug-likeness (QED) is 0.751. The summed E-state index contributed by atoms with van der Waals surface area (Å²) < 4.78 is 5.39. The number of H-pyrrole nitrogens is 1. The van der Waals surface area contributed by atoms with Gasteiger partial charge in [0.15, 0.2) is 0 Å². The van der Waals surface area contributed by atoms with E-state index in [2.05, 4.69) is 20.2 Å². The molecule has 1 aliphatic heterocycles. The van der Waals surface area contributed by atoms with Gasteiger partial charge >= 0.3 is 0 Å². The van der Waals surface area contributed by atoms with Crippen molar-refractivity contribution in [3.63, 3.8) is 0 Å². The largest absolute Gasteiger partial charge is 0.480 e. The summed E-state index contributed by atoms with van der Waals surface area (Å²) >= 11 is 0. The number of benzene rings is 1. The number of hydrogen-bond donors (Lipinski definition) is 1. The minimum Gasteiger partial charge on any atom is -0.480 e. The van der Waals surface area contributed by atoms with E-state index in [-0.39, 0.29) is 5.91 Å². The normalized spacial score (nSPS) is 17.2. The van der Waals surface area contributed by atoms with E-state index in [1.807, 2.05) is 35.2 Å². The Balaban J connectivity index is 1.43. The molecule has 0 unspecified atom stereocenters. The molecule has 1 amide bonds. The van der Waals surface area contributed by atoms with Crippen LogP contribution in [0.4, 0.5) is 0 Å². The molecule has 1 N–H and O–H groups in total. The Morgan fingerprint density at radius 2 is 2.07 bits per heavy atom. The summed E-state index contributed by atoms with van der Waals surface area (Å²) in [5, 5.41) is 7.06. The maximum Gasteiger partial charge on any atom is 0.235 e. The van der Waals surface area contributed by atoms with E-state index < -0.39 is 0 Å². The molecule has 7 heteroatoms. The molecular weight excluding hydrogens is 342 g/mol. The molecule has 3 heterocycles. The van der Waals surface area contributed by atoms with Crippen molar-refractivity contribution < 1.29 is 9.53 Å². The van der Waals surface area contributed by atoms with Crippen molar-refractivity contribution in [2.24, 2.45) is 0 Å². The number of carbonyl (C=O) groups excluding carboxylic acids is 1. The fourth-order valence-electron chi connectivity index (χ4n) is 3.68. The fourth-order valence-corrected chi connectivity index (χ4v) is 3.68. The third-order valence-electron chi connectivity index (χ3n) is 5.11. The summed E-state index contributed by atoms with van der Waals surface area (Å²) in [6.45, 7) is 1.55. The highest BCUT2D eigenvalue weighted by molar-refractivity contribution is 5.77. The van der Waals surface area contributed by atoms with Crippen molar-refractivity contribution in [2.75, 3.05) is 20.2 Å². The summed E-state index contributed by atoms with van der Waals surface area (Å²) in [6, 6.07) is 9.68. The summed E-state index contributed by atoms with van der Waals surface area (Å²) in [5.74, 6) is 0.979. The Morgan fingerprint density at radius 3 is 2.81 bits per heavy atom. The number of aromatic amines is 1. The predicted molar refractivity (Wildman–Crippen MR) is 102 cm³/mol. The molecule has 2 aromatic heterocycles. The van der Waals surface area contributed by atoms with E-state index in [4.69, 9.17) is 4.74 Å². The zero-order valence-electron chi connectivity index (χ0n) is 15.4. The van der Waals surface area contributed by atoms with E-state index in [1.165, 1.54) is 0 Å². The van der Waals surface area contributed by atoms with Gasteiger partial charge in [-0.15, -0.1) is 0 Å².